The van der Waals surface area contributed by atoms with Crippen molar-refractivity contribution in [3.63, 3.8) is 0 Å². The standard InChI is InChI=1S/C25H23ClIN3O2/c1-17-2-4-18(5-3-17)25(32)30-14-12-29(13-15-30)21-9-7-20(8-10-21)28-24(31)22-16-19(27)6-11-23(22)26/h2-11,16H,12-15H2,1H3,(H,28,31). The molecule has 1 heterocycles. The molecule has 5 nitrogen and oxygen atoms in total. The van der Waals surface area contributed by atoms with E-state index in [-0.39, 0.29) is 11.8 Å². The average Bonchev–Trinajstić information content (AvgIpc) is 2.81. The molecule has 0 aliphatic carbocycles. The summed E-state index contributed by atoms with van der Waals surface area (Å²) < 4.78 is 0.951. The molecule has 4 rings (SSSR count). The zero-order valence-electron chi connectivity index (χ0n) is 17.6. The molecule has 0 bridgehead atoms. The van der Waals surface area contributed by atoms with Crippen LogP contribution in [0, 0.1) is 10.5 Å². The summed E-state index contributed by atoms with van der Waals surface area (Å²) in [6.07, 6.45) is 0. The fourth-order valence-electron chi connectivity index (χ4n) is 3.67. The second-order valence-electron chi connectivity index (χ2n) is 7.77. The third-order valence-corrected chi connectivity index (χ3v) is 6.53. The summed E-state index contributed by atoms with van der Waals surface area (Å²) in [6.45, 7) is 4.90. The molecule has 1 aliphatic heterocycles. The number of anilines is 2. The lowest BCUT2D eigenvalue weighted by atomic mass is 10.1. The van der Waals surface area contributed by atoms with Gasteiger partial charge >= 0.3 is 0 Å². The second-order valence-corrected chi connectivity index (χ2v) is 9.42. The number of piperazine rings is 1. The highest BCUT2D eigenvalue weighted by molar-refractivity contribution is 14.1. The number of hydrogen-bond donors (Lipinski definition) is 1. The van der Waals surface area contributed by atoms with Crippen LogP contribution in [0.1, 0.15) is 26.3 Å². The predicted molar refractivity (Wildman–Crippen MR) is 138 cm³/mol. The van der Waals surface area contributed by atoms with Gasteiger partial charge in [0.15, 0.2) is 0 Å². The molecule has 1 saturated heterocycles. The molecule has 3 aromatic rings. The van der Waals surface area contributed by atoms with Crippen LogP contribution in [-0.2, 0) is 0 Å². The Bertz CT molecular complexity index is 1120. The van der Waals surface area contributed by atoms with Crippen molar-refractivity contribution in [2.75, 3.05) is 36.4 Å². The molecule has 0 spiro atoms. The molecule has 2 amide bonds. The molecular formula is C25H23ClIN3O2. The number of halogens is 2. The maximum atomic E-state index is 12.7. The van der Waals surface area contributed by atoms with Crippen LogP contribution in [-0.4, -0.2) is 42.9 Å². The van der Waals surface area contributed by atoms with Gasteiger partial charge in [-0.15, -0.1) is 0 Å². The number of amides is 2. The van der Waals surface area contributed by atoms with E-state index in [9.17, 15) is 9.59 Å². The van der Waals surface area contributed by atoms with Gasteiger partial charge in [0.2, 0.25) is 0 Å². The topological polar surface area (TPSA) is 52.7 Å². The molecular weight excluding hydrogens is 537 g/mol. The molecule has 1 fully saturated rings. The van der Waals surface area contributed by atoms with Crippen molar-refractivity contribution in [2.45, 2.75) is 6.92 Å². The summed E-state index contributed by atoms with van der Waals surface area (Å²) in [7, 11) is 0. The molecule has 0 radical (unpaired) electrons. The number of hydrogen-bond acceptors (Lipinski definition) is 3. The minimum Gasteiger partial charge on any atom is -0.368 e. The van der Waals surface area contributed by atoms with Crippen LogP contribution < -0.4 is 10.2 Å². The van der Waals surface area contributed by atoms with Gasteiger partial charge in [0, 0.05) is 46.7 Å². The van der Waals surface area contributed by atoms with Crippen molar-refractivity contribution in [1.82, 2.24) is 4.90 Å². The summed E-state index contributed by atoms with van der Waals surface area (Å²) in [4.78, 5) is 29.4. The van der Waals surface area contributed by atoms with E-state index in [1.807, 2.05) is 66.4 Å². The first-order chi connectivity index (χ1) is 15.4. The minimum absolute atomic E-state index is 0.0805. The number of carbonyl (C=O) groups excluding carboxylic acids is 2. The summed E-state index contributed by atoms with van der Waals surface area (Å²) in [5.41, 5.74) is 4.11. The monoisotopic (exact) mass is 559 g/mol. The Kier molecular flexibility index (Phi) is 7.01. The number of rotatable bonds is 4. The molecule has 1 aliphatic rings. The van der Waals surface area contributed by atoms with Crippen LogP contribution in [0.5, 0.6) is 0 Å². The van der Waals surface area contributed by atoms with Crippen LogP contribution >= 0.6 is 34.2 Å². The van der Waals surface area contributed by atoms with Gasteiger partial charge in [-0.3, -0.25) is 9.59 Å². The predicted octanol–water partition coefficient (Wildman–Crippen LogP) is 5.47. The van der Waals surface area contributed by atoms with Crippen LogP contribution in [0.25, 0.3) is 0 Å². The number of benzene rings is 3. The van der Waals surface area contributed by atoms with E-state index in [2.05, 4.69) is 32.8 Å². The SMILES string of the molecule is Cc1ccc(C(=O)N2CCN(c3ccc(NC(=O)c4cc(I)ccc4Cl)cc3)CC2)cc1. The Hall–Kier alpha value is -2.58. The number of nitrogens with zero attached hydrogens (tertiary/aromatic N) is 2. The van der Waals surface area contributed by atoms with Crippen LogP contribution in [0.3, 0.4) is 0 Å². The fourth-order valence-corrected chi connectivity index (χ4v) is 4.37. The van der Waals surface area contributed by atoms with E-state index < -0.39 is 0 Å². The van der Waals surface area contributed by atoms with E-state index in [1.165, 1.54) is 0 Å². The van der Waals surface area contributed by atoms with E-state index in [0.717, 1.165) is 33.5 Å². The molecule has 0 saturated carbocycles. The van der Waals surface area contributed by atoms with Gasteiger partial charge in [0.05, 0.1) is 10.6 Å². The molecule has 32 heavy (non-hydrogen) atoms. The van der Waals surface area contributed by atoms with E-state index in [1.54, 1.807) is 12.1 Å². The highest BCUT2D eigenvalue weighted by Gasteiger charge is 2.22. The van der Waals surface area contributed by atoms with Gasteiger partial charge in [0.25, 0.3) is 11.8 Å². The summed E-state index contributed by atoms with van der Waals surface area (Å²) in [6, 6.07) is 20.8. The summed E-state index contributed by atoms with van der Waals surface area (Å²) in [5, 5.41) is 3.33. The van der Waals surface area contributed by atoms with Crippen LogP contribution in [0.2, 0.25) is 5.02 Å². The molecule has 0 aromatic heterocycles. The molecule has 0 atom stereocenters. The quantitative estimate of drug-likeness (QED) is 0.432. The fraction of sp³-hybridized carbons (Fsp3) is 0.200. The van der Waals surface area contributed by atoms with Crippen molar-refractivity contribution in [3.05, 3.63) is 92.0 Å². The van der Waals surface area contributed by atoms with Gasteiger partial charge in [-0.2, -0.15) is 0 Å². The van der Waals surface area contributed by atoms with E-state index in [0.29, 0.717) is 29.4 Å². The van der Waals surface area contributed by atoms with Crippen LogP contribution in [0.15, 0.2) is 66.7 Å². The molecule has 3 aromatic carbocycles. The largest absolute Gasteiger partial charge is 0.368 e. The second kappa shape index (κ2) is 9.92. The lowest BCUT2D eigenvalue weighted by Crippen LogP contribution is -2.48. The average molecular weight is 560 g/mol. The van der Waals surface area contributed by atoms with Gasteiger partial charge < -0.3 is 15.1 Å². The summed E-state index contributed by atoms with van der Waals surface area (Å²) in [5.74, 6) is -0.151. The Morgan fingerprint density at radius 1 is 0.906 bits per heavy atom. The Morgan fingerprint density at radius 3 is 2.22 bits per heavy atom. The van der Waals surface area contributed by atoms with Crippen molar-refractivity contribution in [1.29, 1.82) is 0 Å². The zero-order valence-corrected chi connectivity index (χ0v) is 20.6. The lowest BCUT2D eigenvalue weighted by molar-refractivity contribution is 0.0746. The molecule has 0 unspecified atom stereocenters. The third-order valence-electron chi connectivity index (χ3n) is 5.53. The first-order valence-corrected chi connectivity index (χ1v) is 11.8. The minimum atomic E-state index is -0.232. The third kappa shape index (κ3) is 5.24. The van der Waals surface area contributed by atoms with Gasteiger partial charge in [-0.25, -0.2) is 0 Å². The van der Waals surface area contributed by atoms with Crippen molar-refractivity contribution in [3.8, 4) is 0 Å². The zero-order chi connectivity index (χ0) is 22.7. The number of nitrogens with one attached hydrogen (secondary N) is 1. The normalized spacial score (nSPS) is 13.7. The molecule has 164 valence electrons. The van der Waals surface area contributed by atoms with Gasteiger partial charge in [-0.05, 0) is 84.1 Å². The van der Waals surface area contributed by atoms with E-state index in [4.69, 9.17) is 11.6 Å². The maximum Gasteiger partial charge on any atom is 0.257 e. The molecule has 7 heteroatoms. The highest BCUT2D eigenvalue weighted by Crippen LogP contribution is 2.23. The first-order valence-electron chi connectivity index (χ1n) is 10.4. The lowest BCUT2D eigenvalue weighted by Gasteiger charge is -2.36. The van der Waals surface area contributed by atoms with Gasteiger partial charge in [-0.1, -0.05) is 29.3 Å². The Labute approximate surface area is 206 Å². The maximum absolute atomic E-state index is 12.7. The Morgan fingerprint density at radius 2 is 1.56 bits per heavy atom. The number of aryl methyl sites for hydroxylation is 1. The summed E-state index contributed by atoms with van der Waals surface area (Å²) >= 11 is 8.32. The molecule has 1 N–H and O–H groups in total. The van der Waals surface area contributed by atoms with Crippen molar-refractivity contribution in [2.24, 2.45) is 0 Å². The first kappa shape index (κ1) is 22.6. The van der Waals surface area contributed by atoms with E-state index >= 15 is 0 Å². The smallest absolute Gasteiger partial charge is 0.257 e. The van der Waals surface area contributed by atoms with Crippen LogP contribution in [0.4, 0.5) is 11.4 Å². The van der Waals surface area contributed by atoms with Crippen molar-refractivity contribution < 1.29 is 9.59 Å². The Balaban J connectivity index is 1.35. The highest BCUT2D eigenvalue weighted by atomic mass is 127. The van der Waals surface area contributed by atoms with Crippen molar-refractivity contribution >= 4 is 57.4 Å². The van der Waals surface area contributed by atoms with Gasteiger partial charge in [0.1, 0.15) is 0 Å². The number of carbonyl (C=O) groups is 2.